The summed E-state index contributed by atoms with van der Waals surface area (Å²) < 4.78 is 0. The molecule has 1 heterocycles. The average molecular weight is 286 g/mol. The zero-order chi connectivity index (χ0) is 15.4. The third-order valence-corrected chi connectivity index (χ3v) is 2.74. The van der Waals surface area contributed by atoms with Crippen LogP contribution in [0.25, 0.3) is 6.08 Å². The molecule has 106 valence electrons. The second-order valence-corrected chi connectivity index (χ2v) is 4.18. The van der Waals surface area contributed by atoms with Crippen molar-refractivity contribution in [1.29, 1.82) is 5.26 Å². The first-order valence-corrected chi connectivity index (χ1v) is 5.93. The van der Waals surface area contributed by atoms with Crippen LogP contribution in [0.4, 0.5) is 5.69 Å². The van der Waals surface area contributed by atoms with E-state index < -0.39 is 22.1 Å². The SMILES string of the molecule is N#C/C(=C\c1cc(O)c(O)c([N+](=O)[O-])c1)C1=CCCN=N1. The number of hydrogen-bond donors (Lipinski definition) is 2. The van der Waals surface area contributed by atoms with Crippen LogP contribution in [-0.2, 0) is 0 Å². The van der Waals surface area contributed by atoms with Crippen molar-refractivity contribution in [1.82, 2.24) is 0 Å². The van der Waals surface area contributed by atoms with Crippen LogP contribution in [0, 0.1) is 21.4 Å². The van der Waals surface area contributed by atoms with Crippen LogP contribution in [0.5, 0.6) is 11.5 Å². The smallest absolute Gasteiger partial charge is 0.315 e. The van der Waals surface area contributed by atoms with Gasteiger partial charge >= 0.3 is 5.69 Å². The number of benzene rings is 1. The van der Waals surface area contributed by atoms with E-state index in [1.165, 1.54) is 6.08 Å². The normalized spacial score (nSPS) is 14.4. The number of rotatable bonds is 3. The van der Waals surface area contributed by atoms with Gasteiger partial charge < -0.3 is 10.2 Å². The highest BCUT2D eigenvalue weighted by atomic mass is 16.6. The molecular weight excluding hydrogens is 276 g/mol. The van der Waals surface area contributed by atoms with E-state index in [-0.39, 0.29) is 11.1 Å². The van der Waals surface area contributed by atoms with Crippen LogP contribution in [0.2, 0.25) is 0 Å². The molecule has 2 N–H and O–H groups in total. The highest BCUT2D eigenvalue weighted by molar-refractivity contribution is 5.69. The summed E-state index contributed by atoms with van der Waals surface area (Å²) in [7, 11) is 0. The second kappa shape index (κ2) is 5.83. The van der Waals surface area contributed by atoms with Gasteiger partial charge in [0, 0.05) is 6.07 Å². The Bertz CT molecular complexity index is 728. The molecule has 0 unspecified atom stereocenters. The third kappa shape index (κ3) is 3.03. The second-order valence-electron chi connectivity index (χ2n) is 4.18. The molecule has 1 aliphatic rings. The minimum absolute atomic E-state index is 0.165. The van der Waals surface area contributed by atoms with Crippen LogP contribution in [-0.4, -0.2) is 21.7 Å². The Morgan fingerprint density at radius 3 is 2.81 bits per heavy atom. The third-order valence-electron chi connectivity index (χ3n) is 2.74. The van der Waals surface area contributed by atoms with Crippen molar-refractivity contribution in [3.05, 3.63) is 45.2 Å². The number of nitro groups is 1. The first-order valence-electron chi connectivity index (χ1n) is 5.93. The molecule has 0 amide bonds. The van der Waals surface area contributed by atoms with Gasteiger partial charge in [-0.1, -0.05) is 6.08 Å². The number of hydrogen-bond acceptors (Lipinski definition) is 7. The predicted octanol–water partition coefficient (Wildman–Crippen LogP) is 2.65. The first-order chi connectivity index (χ1) is 10.0. The van der Waals surface area contributed by atoms with E-state index in [1.807, 2.05) is 6.07 Å². The van der Waals surface area contributed by atoms with E-state index >= 15 is 0 Å². The topological polar surface area (TPSA) is 132 Å². The van der Waals surface area contributed by atoms with Gasteiger partial charge in [-0.05, 0) is 24.1 Å². The zero-order valence-corrected chi connectivity index (χ0v) is 10.7. The number of allylic oxidation sites excluding steroid dienone is 1. The lowest BCUT2D eigenvalue weighted by atomic mass is 10.1. The van der Waals surface area contributed by atoms with Crippen LogP contribution >= 0.6 is 0 Å². The number of nitrogens with zero attached hydrogens (tertiary/aromatic N) is 4. The molecule has 0 bridgehead atoms. The molecule has 8 heteroatoms. The summed E-state index contributed by atoms with van der Waals surface area (Å²) in [6.07, 6.45) is 3.72. The molecule has 0 aliphatic carbocycles. The lowest BCUT2D eigenvalue weighted by Crippen LogP contribution is -1.93. The molecule has 0 atom stereocenters. The number of phenols is 2. The standard InChI is InChI=1S/C13H10N4O4/c14-7-9(10-2-1-3-15-16-10)4-8-5-11(17(20)21)13(19)12(18)6-8/h2,4-6,18-19H,1,3H2/b9-4+. The van der Waals surface area contributed by atoms with Crippen molar-refractivity contribution in [2.24, 2.45) is 10.2 Å². The summed E-state index contributed by atoms with van der Waals surface area (Å²) in [4.78, 5) is 9.97. The van der Waals surface area contributed by atoms with Crippen LogP contribution in [0.3, 0.4) is 0 Å². The van der Waals surface area contributed by atoms with Gasteiger partial charge in [0.2, 0.25) is 5.75 Å². The van der Waals surface area contributed by atoms with E-state index in [1.54, 1.807) is 6.08 Å². The Balaban J connectivity index is 2.49. The summed E-state index contributed by atoms with van der Waals surface area (Å²) in [5.41, 5.74) is 0.102. The minimum Gasteiger partial charge on any atom is -0.504 e. The zero-order valence-electron chi connectivity index (χ0n) is 10.7. The Morgan fingerprint density at radius 1 is 1.48 bits per heavy atom. The Kier molecular flexibility index (Phi) is 3.95. The maximum atomic E-state index is 10.8. The minimum atomic E-state index is -0.821. The molecule has 0 aromatic heterocycles. The van der Waals surface area contributed by atoms with E-state index in [9.17, 15) is 20.3 Å². The molecule has 0 fully saturated rings. The van der Waals surface area contributed by atoms with Gasteiger partial charge in [-0.25, -0.2) is 0 Å². The Hall–Kier alpha value is -3.21. The van der Waals surface area contributed by atoms with E-state index in [4.69, 9.17) is 5.26 Å². The first kappa shape index (κ1) is 14.2. The van der Waals surface area contributed by atoms with Gasteiger partial charge in [-0.15, -0.1) is 0 Å². The monoisotopic (exact) mass is 286 g/mol. The number of nitro benzene ring substituents is 1. The fraction of sp³-hybridized carbons (Fsp3) is 0.154. The van der Waals surface area contributed by atoms with Gasteiger partial charge in [0.1, 0.15) is 6.07 Å². The van der Waals surface area contributed by atoms with Gasteiger partial charge in [0.05, 0.1) is 22.7 Å². The number of azo groups is 1. The van der Waals surface area contributed by atoms with E-state index in [0.29, 0.717) is 18.7 Å². The molecule has 21 heavy (non-hydrogen) atoms. The summed E-state index contributed by atoms with van der Waals surface area (Å²) in [5, 5.41) is 46.5. The largest absolute Gasteiger partial charge is 0.504 e. The lowest BCUT2D eigenvalue weighted by molar-refractivity contribution is -0.386. The summed E-state index contributed by atoms with van der Waals surface area (Å²) >= 11 is 0. The molecule has 0 saturated carbocycles. The van der Waals surface area contributed by atoms with Gasteiger partial charge in [-0.2, -0.15) is 15.5 Å². The van der Waals surface area contributed by atoms with Crippen molar-refractivity contribution in [3.63, 3.8) is 0 Å². The molecule has 8 nitrogen and oxygen atoms in total. The molecule has 1 aromatic carbocycles. The quantitative estimate of drug-likeness (QED) is 0.381. The van der Waals surface area contributed by atoms with Crippen molar-refractivity contribution < 1.29 is 15.1 Å². The van der Waals surface area contributed by atoms with Crippen molar-refractivity contribution >= 4 is 11.8 Å². The Morgan fingerprint density at radius 2 is 2.24 bits per heavy atom. The summed E-state index contributed by atoms with van der Waals surface area (Å²) in [6, 6.07) is 4.12. The molecule has 2 rings (SSSR count). The van der Waals surface area contributed by atoms with Crippen molar-refractivity contribution in [2.75, 3.05) is 6.54 Å². The number of aromatic hydroxyl groups is 2. The summed E-state index contributed by atoms with van der Waals surface area (Å²) in [6.45, 7) is 0.549. The Labute approximate surface area is 119 Å². The maximum absolute atomic E-state index is 10.8. The molecule has 0 saturated heterocycles. The molecule has 1 aliphatic heterocycles. The molecular formula is C13H10N4O4. The number of nitriles is 1. The van der Waals surface area contributed by atoms with Gasteiger partial charge in [-0.3, -0.25) is 10.1 Å². The lowest BCUT2D eigenvalue weighted by Gasteiger charge is -2.05. The average Bonchev–Trinajstić information content (AvgIpc) is 2.48. The van der Waals surface area contributed by atoms with Gasteiger partial charge in [0.15, 0.2) is 5.75 Å². The van der Waals surface area contributed by atoms with E-state index in [2.05, 4.69) is 10.2 Å². The van der Waals surface area contributed by atoms with Crippen molar-refractivity contribution in [3.8, 4) is 17.6 Å². The van der Waals surface area contributed by atoms with E-state index in [0.717, 1.165) is 12.1 Å². The van der Waals surface area contributed by atoms with Crippen LogP contribution in [0.1, 0.15) is 12.0 Å². The molecule has 0 spiro atoms. The van der Waals surface area contributed by atoms with Crippen molar-refractivity contribution in [2.45, 2.75) is 6.42 Å². The fourth-order valence-corrected chi connectivity index (χ4v) is 1.77. The molecule has 1 aromatic rings. The van der Waals surface area contributed by atoms with Gasteiger partial charge in [0.25, 0.3) is 0 Å². The van der Waals surface area contributed by atoms with Crippen LogP contribution < -0.4 is 0 Å². The number of phenolic OH excluding ortho intramolecular Hbond substituents is 2. The fourth-order valence-electron chi connectivity index (χ4n) is 1.77. The highest BCUT2D eigenvalue weighted by Crippen LogP contribution is 2.37. The summed E-state index contributed by atoms with van der Waals surface area (Å²) in [5.74, 6) is -1.45. The van der Waals surface area contributed by atoms with Crippen LogP contribution in [0.15, 0.2) is 39.7 Å². The predicted molar refractivity (Wildman–Crippen MR) is 72.4 cm³/mol. The maximum Gasteiger partial charge on any atom is 0.315 e. The molecule has 0 radical (unpaired) electrons. The highest BCUT2D eigenvalue weighted by Gasteiger charge is 2.18.